The summed E-state index contributed by atoms with van der Waals surface area (Å²) in [5.74, 6) is -6.74. The number of rotatable bonds is 5. The van der Waals surface area contributed by atoms with E-state index in [2.05, 4.69) is 15.3 Å². The van der Waals surface area contributed by atoms with Gasteiger partial charge in [-0.15, -0.1) is 0 Å². The Bertz CT molecular complexity index is 1390. The molecule has 1 fully saturated rings. The maximum Gasteiger partial charge on any atom is 0.293 e. The number of carbonyl (C=O) groups is 1. The van der Waals surface area contributed by atoms with E-state index in [-0.39, 0.29) is 23.8 Å². The van der Waals surface area contributed by atoms with Gasteiger partial charge in [-0.2, -0.15) is 0 Å². The first-order valence-electron chi connectivity index (χ1n) is 10.3. The highest BCUT2D eigenvalue weighted by Crippen LogP contribution is 2.42. The fourth-order valence-corrected chi connectivity index (χ4v) is 3.80. The van der Waals surface area contributed by atoms with Crippen LogP contribution in [0.5, 0.6) is 5.75 Å². The number of benzene rings is 1. The van der Waals surface area contributed by atoms with Crippen molar-refractivity contribution in [1.82, 2.24) is 14.5 Å². The lowest BCUT2D eigenvalue weighted by atomic mass is 10.1. The van der Waals surface area contributed by atoms with Crippen molar-refractivity contribution in [3.8, 4) is 28.4 Å². The molecule has 12 heteroatoms. The van der Waals surface area contributed by atoms with Gasteiger partial charge in [-0.3, -0.25) is 4.79 Å². The smallest absolute Gasteiger partial charge is 0.293 e. The average Bonchev–Trinajstić information content (AvgIpc) is 3.57. The molecule has 0 radical (unpaired) electrons. The number of amides is 1. The summed E-state index contributed by atoms with van der Waals surface area (Å²) in [6, 6.07) is 6.23. The molecule has 4 heterocycles. The van der Waals surface area contributed by atoms with Crippen molar-refractivity contribution in [2.75, 3.05) is 18.5 Å². The number of ether oxygens (including phenoxy) is 1. The van der Waals surface area contributed by atoms with Gasteiger partial charge in [-0.25, -0.2) is 27.5 Å². The molecule has 1 aliphatic rings. The molecule has 8 nitrogen and oxygen atoms in total. The van der Waals surface area contributed by atoms with Crippen LogP contribution in [0.4, 0.5) is 23.2 Å². The van der Waals surface area contributed by atoms with Crippen molar-refractivity contribution in [2.45, 2.75) is 12.0 Å². The van der Waals surface area contributed by atoms with E-state index >= 15 is 4.39 Å². The van der Waals surface area contributed by atoms with E-state index in [1.165, 1.54) is 30.5 Å². The number of imidazole rings is 1. The molecule has 1 unspecified atom stereocenters. The van der Waals surface area contributed by atoms with Gasteiger partial charge in [0.25, 0.3) is 11.8 Å². The minimum absolute atomic E-state index is 0.0353. The first-order chi connectivity index (χ1) is 16.8. The van der Waals surface area contributed by atoms with Crippen LogP contribution in [0.3, 0.4) is 0 Å². The van der Waals surface area contributed by atoms with Crippen molar-refractivity contribution < 1.29 is 36.6 Å². The van der Waals surface area contributed by atoms with E-state index in [4.69, 9.17) is 9.15 Å². The zero-order valence-electron chi connectivity index (χ0n) is 17.7. The van der Waals surface area contributed by atoms with Crippen molar-refractivity contribution in [3.63, 3.8) is 0 Å². The summed E-state index contributed by atoms with van der Waals surface area (Å²) in [5, 5.41) is 12.4. The average molecular weight is 488 g/mol. The van der Waals surface area contributed by atoms with Gasteiger partial charge in [0, 0.05) is 5.56 Å². The first kappa shape index (κ1) is 22.6. The molecule has 5 rings (SSSR count). The van der Waals surface area contributed by atoms with Gasteiger partial charge < -0.3 is 24.1 Å². The minimum atomic E-state index is -3.29. The van der Waals surface area contributed by atoms with E-state index in [9.17, 15) is 23.1 Å². The van der Waals surface area contributed by atoms with Crippen molar-refractivity contribution >= 4 is 11.6 Å². The Morgan fingerprint density at radius 2 is 1.91 bits per heavy atom. The van der Waals surface area contributed by atoms with Crippen LogP contribution in [0.15, 0.2) is 59.6 Å². The number of aromatic hydroxyl groups is 1. The first-order valence-corrected chi connectivity index (χ1v) is 10.3. The molecular formula is C23H16F4N4O4. The van der Waals surface area contributed by atoms with Gasteiger partial charge in [0.05, 0.1) is 36.8 Å². The zero-order valence-corrected chi connectivity index (χ0v) is 17.7. The third kappa shape index (κ3) is 4.01. The molecular weight excluding hydrogens is 472 g/mol. The van der Waals surface area contributed by atoms with Crippen molar-refractivity contribution in [3.05, 3.63) is 72.6 Å². The number of halogens is 4. The standard InChI is InChI=1S/C23H16F4N4O4/c24-13-5-3-12(4-6-13)18-21(31(11-29-18)16-9-34-10-23(16,26)27)20-17(25)19(14(32)8-28-20)30-22(33)15-2-1-7-35-15/h1-8,11,16,32H,9-10H2,(H,28,30,33). The SMILES string of the molecule is O=C(Nc1c(O)cnc(-c2c(-c3ccc(F)cc3)ncn2C2COCC2(F)F)c1F)c1ccco1. The highest BCUT2D eigenvalue weighted by molar-refractivity contribution is 6.03. The molecule has 0 bridgehead atoms. The van der Waals surface area contributed by atoms with Crippen LogP contribution in [0.2, 0.25) is 0 Å². The van der Waals surface area contributed by atoms with Crippen LogP contribution in [-0.4, -0.2) is 44.7 Å². The van der Waals surface area contributed by atoms with Crippen LogP contribution in [0, 0.1) is 11.6 Å². The van der Waals surface area contributed by atoms with Crippen LogP contribution in [0.1, 0.15) is 16.6 Å². The lowest BCUT2D eigenvalue weighted by molar-refractivity contribution is -0.0320. The van der Waals surface area contributed by atoms with E-state index in [1.54, 1.807) is 0 Å². The second kappa shape index (κ2) is 8.55. The molecule has 0 spiro atoms. The minimum Gasteiger partial charge on any atom is -0.504 e. The van der Waals surface area contributed by atoms with Gasteiger partial charge in [0.2, 0.25) is 0 Å². The molecule has 180 valence electrons. The molecule has 0 saturated carbocycles. The second-order valence-electron chi connectivity index (χ2n) is 7.76. The Balaban J connectivity index is 1.67. The molecule has 1 amide bonds. The maximum atomic E-state index is 15.7. The van der Waals surface area contributed by atoms with Crippen molar-refractivity contribution in [2.24, 2.45) is 0 Å². The molecule has 4 aromatic rings. The largest absolute Gasteiger partial charge is 0.504 e. The Kier molecular flexibility index (Phi) is 5.52. The highest BCUT2D eigenvalue weighted by Gasteiger charge is 2.48. The van der Waals surface area contributed by atoms with E-state index in [0.29, 0.717) is 5.56 Å². The molecule has 1 saturated heterocycles. The van der Waals surface area contributed by atoms with Gasteiger partial charge in [-0.1, -0.05) is 0 Å². The molecule has 0 aliphatic carbocycles. The summed E-state index contributed by atoms with van der Waals surface area (Å²) in [6.45, 7) is -1.21. The monoisotopic (exact) mass is 488 g/mol. The number of carbonyl (C=O) groups excluding carboxylic acids is 1. The number of furan rings is 1. The number of pyridine rings is 1. The zero-order chi connectivity index (χ0) is 24.7. The van der Waals surface area contributed by atoms with Crippen LogP contribution in [0.25, 0.3) is 22.6 Å². The summed E-state index contributed by atoms with van der Waals surface area (Å²) >= 11 is 0. The van der Waals surface area contributed by atoms with E-state index in [0.717, 1.165) is 29.2 Å². The molecule has 35 heavy (non-hydrogen) atoms. The molecule has 1 aliphatic heterocycles. The topological polar surface area (TPSA) is 102 Å². The Morgan fingerprint density at radius 1 is 1.14 bits per heavy atom. The summed E-state index contributed by atoms with van der Waals surface area (Å²) in [6.07, 6.45) is 3.20. The number of nitrogens with one attached hydrogen (secondary N) is 1. The quantitative estimate of drug-likeness (QED) is 0.397. The van der Waals surface area contributed by atoms with Gasteiger partial charge in [0.1, 0.15) is 29.8 Å². The van der Waals surface area contributed by atoms with Crippen LogP contribution >= 0.6 is 0 Å². The highest BCUT2D eigenvalue weighted by atomic mass is 19.3. The van der Waals surface area contributed by atoms with Gasteiger partial charge in [0.15, 0.2) is 17.3 Å². The Hall–Kier alpha value is -4.19. The Morgan fingerprint density at radius 3 is 2.57 bits per heavy atom. The third-order valence-corrected chi connectivity index (χ3v) is 5.51. The number of nitrogens with zero attached hydrogens (tertiary/aromatic N) is 3. The fraction of sp³-hybridized carbons (Fsp3) is 0.174. The number of hydrogen-bond donors (Lipinski definition) is 2. The lowest BCUT2D eigenvalue weighted by Gasteiger charge is -2.21. The lowest BCUT2D eigenvalue weighted by Crippen LogP contribution is -2.29. The fourth-order valence-electron chi connectivity index (χ4n) is 3.80. The predicted molar refractivity (Wildman–Crippen MR) is 114 cm³/mol. The molecule has 2 N–H and O–H groups in total. The van der Waals surface area contributed by atoms with Crippen molar-refractivity contribution in [1.29, 1.82) is 0 Å². The van der Waals surface area contributed by atoms with E-state index in [1.807, 2.05) is 0 Å². The number of aromatic nitrogens is 3. The normalized spacial score (nSPS) is 17.0. The molecule has 1 atom stereocenters. The third-order valence-electron chi connectivity index (χ3n) is 5.51. The summed E-state index contributed by atoms with van der Waals surface area (Å²) < 4.78 is 69.3. The Labute approximate surface area is 194 Å². The predicted octanol–water partition coefficient (Wildman–Crippen LogP) is 4.65. The summed E-state index contributed by atoms with van der Waals surface area (Å²) in [4.78, 5) is 20.5. The van der Waals surface area contributed by atoms with Gasteiger partial charge >= 0.3 is 0 Å². The second-order valence-corrected chi connectivity index (χ2v) is 7.76. The van der Waals surface area contributed by atoms with Gasteiger partial charge in [-0.05, 0) is 36.4 Å². The molecule has 1 aromatic carbocycles. The summed E-state index contributed by atoms with van der Waals surface area (Å²) in [5.41, 5.74) is -0.940. The maximum absolute atomic E-state index is 15.7. The molecule has 3 aromatic heterocycles. The van der Waals surface area contributed by atoms with Crippen LogP contribution in [-0.2, 0) is 4.74 Å². The van der Waals surface area contributed by atoms with Crippen LogP contribution < -0.4 is 5.32 Å². The number of hydrogen-bond acceptors (Lipinski definition) is 6. The summed E-state index contributed by atoms with van der Waals surface area (Å²) in [7, 11) is 0. The number of anilines is 1. The van der Waals surface area contributed by atoms with E-state index < -0.39 is 53.2 Å². The number of alkyl halides is 2.